The van der Waals surface area contributed by atoms with Gasteiger partial charge in [-0.05, 0) is 29.8 Å². The first kappa shape index (κ1) is 23.9. The van der Waals surface area contributed by atoms with Crippen LogP contribution in [0.4, 0.5) is 5.69 Å². The number of aromatic nitrogens is 2. The standard InChI is InChI=1S/C22H21ClN4O3S2/c1-3-13-31-22-24-14-19(23)20(26-22)21(28)25-17-9-11-18(12-10-17)32(29,30)27(2)15-16-7-5-4-6-8-16/h3-12,14H,1,13,15H2,2H3,(H,25,28). The van der Waals surface area contributed by atoms with E-state index in [1.54, 1.807) is 6.08 Å². The molecule has 0 radical (unpaired) electrons. The van der Waals surface area contributed by atoms with Crippen LogP contribution in [0.2, 0.25) is 5.02 Å². The van der Waals surface area contributed by atoms with E-state index in [0.717, 1.165) is 5.56 Å². The Labute approximate surface area is 196 Å². The van der Waals surface area contributed by atoms with Crippen LogP contribution in [-0.4, -0.2) is 41.4 Å². The van der Waals surface area contributed by atoms with E-state index < -0.39 is 15.9 Å². The van der Waals surface area contributed by atoms with E-state index >= 15 is 0 Å². The first-order valence-corrected chi connectivity index (χ1v) is 12.3. The molecule has 1 amide bonds. The van der Waals surface area contributed by atoms with Crippen molar-refractivity contribution in [2.75, 3.05) is 18.1 Å². The third-order valence-electron chi connectivity index (χ3n) is 4.34. The lowest BCUT2D eigenvalue weighted by Crippen LogP contribution is -2.26. The monoisotopic (exact) mass is 488 g/mol. The lowest BCUT2D eigenvalue weighted by Gasteiger charge is -2.17. The molecule has 0 bridgehead atoms. The Kier molecular flexibility index (Phi) is 8.03. The molecule has 0 aliphatic carbocycles. The van der Waals surface area contributed by atoms with Crippen LogP contribution in [0.1, 0.15) is 16.1 Å². The molecule has 166 valence electrons. The number of sulfonamides is 1. The molecule has 10 heteroatoms. The third-order valence-corrected chi connectivity index (χ3v) is 7.29. The number of anilines is 1. The van der Waals surface area contributed by atoms with Crippen LogP contribution in [0, 0.1) is 0 Å². The normalized spacial score (nSPS) is 11.3. The SMILES string of the molecule is C=CCSc1ncc(Cl)c(C(=O)Nc2ccc(S(=O)(=O)N(C)Cc3ccccc3)cc2)n1. The van der Waals surface area contributed by atoms with E-state index in [4.69, 9.17) is 11.6 Å². The fraction of sp³-hybridized carbons (Fsp3) is 0.136. The molecule has 1 aromatic heterocycles. The molecule has 0 aliphatic heterocycles. The average Bonchev–Trinajstić information content (AvgIpc) is 2.79. The van der Waals surface area contributed by atoms with Crippen molar-refractivity contribution in [2.24, 2.45) is 0 Å². The summed E-state index contributed by atoms with van der Waals surface area (Å²) in [5.74, 6) is 0.0758. The van der Waals surface area contributed by atoms with Gasteiger partial charge in [-0.15, -0.1) is 6.58 Å². The van der Waals surface area contributed by atoms with Gasteiger partial charge in [-0.3, -0.25) is 4.79 Å². The molecule has 7 nitrogen and oxygen atoms in total. The summed E-state index contributed by atoms with van der Waals surface area (Å²) in [5, 5.41) is 3.20. The van der Waals surface area contributed by atoms with Gasteiger partial charge in [0.15, 0.2) is 10.9 Å². The van der Waals surface area contributed by atoms with E-state index in [9.17, 15) is 13.2 Å². The number of nitrogens with one attached hydrogen (secondary N) is 1. The summed E-state index contributed by atoms with van der Waals surface area (Å²) in [5.41, 5.74) is 1.33. The second kappa shape index (κ2) is 10.7. The summed E-state index contributed by atoms with van der Waals surface area (Å²) < 4.78 is 27.0. The zero-order chi connectivity index (χ0) is 23.1. The summed E-state index contributed by atoms with van der Waals surface area (Å²) in [6.07, 6.45) is 3.07. The highest BCUT2D eigenvalue weighted by atomic mass is 35.5. The average molecular weight is 489 g/mol. The molecule has 0 saturated carbocycles. The van der Waals surface area contributed by atoms with Crippen LogP contribution in [0.5, 0.6) is 0 Å². The largest absolute Gasteiger partial charge is 0.321 e. The topological polar surface area (TPSA) is 92.3 Å². The van der Waals surface area contributed by atoms with Crippen molar-refractivity contribution < 1.29 is 13.2 Å². The molecule has 0 saturated heterocycles. The van der Waals surface area contributed by atoms with Crippen molar-refractivity contribution in [2.45, 2.75) is 16.6 Å². The number of hydrogen-bond donors (Lipinski definition) is 1. The van der Waals surface area contributed by atoms with Gasteiger partial charge in [0.25, 0.3) is 5.91 Å². The Morgan fingerprint density at radius 3 is 2.53 bits per heavy atom. The van der Waals surface area contributed by atoms with E-state index in [-0.39, 0.29) is 22.2 Å². The number of hydrogen-bond acceptors (Lipinski definition) is 6. The zero-order valence-corrected chi connectivity index (χ0v) is 19.6. The summed E-state index contributed by atoms with van der Waals surface area (Å²) in [4.78, 5) is 21.0. The molecule has 0 spiro atoms. The second-order valence-corrected chi connectivity index (χ2v) is 10.1. The first-order valence-electron chi connectivity index (χ1n) is 9.49. The maximum atomic E-state index is 12.9. The third kappa shape index (κ3) is 5.95. The smallest absolute Gasteiger partial charge is 0.275 e. The van der Waals surface area contributed by atoms with E-state index in [0.29, 0.717) is 16.6 Å². The minimum absolute atomic E-state index is 0.0347. The van der Waals surface area contributed by atoms with Gasteiger partial charge in [-0.25, -0.2) is 18.4 Å². The maximum Gasteiger partial charge on any atom is 0.275 e. The Bertz CT molecular complexity index is 1200. The van der Waals surface area contributed by atoms with Crippen molar-refractivity contribution in [3.05, 3.63) is 89.7 Å². The molecule has 2 aromatic carbocycles. The van der Waals surface area contributed by atoms with Gasteiger partial charge in [0.1, 0.15) is 0 Å². The van der Waals surface area contributed by atoms with Gasteiger partial charge >= 0.3 is 0 Å². The minimum atomic E-state index is -3.69. The number of halogens is 1. The number of rotatable bonds is 9. The molecule has 0 atom stereocenters. The first-order chi connectivity index (χ1) is 15.3. The van der Waals surface area contributed by atoms with Crippen LogP contribution in [0.3, 0.4) is 0 Å². The van der Waals surface area contributed by atoms with Gasteiger partial charge in [-0.2, -0.15) is 4.31 Å². The number of amides is 1. The van der Waals surface area contributed by atoms with Crippen molar-refractivity contribution in [3.63, 3.8) is 0 Å². The second-order valence-electron chi connectivity index (χ2n) is 6.67. The highest BCUT2D eigenvalue weighted by molar-refractivity contribution is 7.99. The number of carbonyl (C=O) groups is 1. The van der Waals surface area contributed by atoms with Crippen LogP contribution in [0.25, 0.3) is 0 Å². The fourth-order valence-electron chi connectivity index (χ4n) is 2.72. The lowest BCUT2D eigenvalue weighted by molar-refractivity contribution is 0.102. The Hall–Kier alpha value is -2.72. The molecule has 3 rings (SSSR count). The van der Waals surface area contributed by atoms with E-state index in [1.807, 2.05) is 30.3 Å². The molecule has 32 heavy (non-hydrogen) atoms. The van der Waals surface area contributed by atoms with E-state index in [1.165, 1.54) is 53.6 Å². The molecule has 3 aromatic rings. The van der Waals surface area contributed by atoms with Crippen molar-refractivity contribution >= 4 is 45.0 Å². The van der Waals surface area contributed by atoms with Crippen LogP contribution in [-0.2, 0) is 16.6 Å². The molecular weight excluding hydrogens is 468 g/mol. The van der Waals surface area contributed by atoms with Crippen molar-refractivity contribution in [3.8, 4) is 0 Å². The number of nitrogens with zero attached hydrogens (tertiary/aromatic N) is 3. The Balaban J connectivity index is 1.71. The molecule has 1 N–H and O–H groups in total. The van der Waals surface area contributed by atoms with E-state index in [2.05, 4.69) is 21.9 Å². The summed E-state index contributed by atoms with van der Waals surface area (Å²) in [6, 6.07) is 15.2. The lowest BCUT2D eigenvalue weighted by atomic mass is 10.2. The van der Waals surface area contributed by atoms with Crippen molar-refractivity contribution in [1.29, 1.82) is 0 Å². The highest BCUT2D eigenvalue weighted by Gasteiger charge is 2.21. The van der Waals surface area contributed by atoms with Crippen LogP contribution >= 0.6 is 23.4 Å². The number of carbonyl (C=O) groups excluding carboxylic acids is 1. The van der Waals surface area contributed by atoms with Gasteiger partial charge < -0.3 is 5.32 Å². The maximum absolute atomic E-state index is 12.9. The van der Waals surface area contributed by atoms with Gasteiger partial charge in [0.05, 0.1) is 16.1 Å². The minimum Gasteiger partial charge on any atom is -0.321 e. The van der Waals surface area contributed by atoms with Crippen molar-refractivity contribution in [1.82, 2.24) is 14.3 Å². The molecular formula is C22H21ClN4O3S2. The van der Waals surface area contributed by atoms with Gasteiger partial charge in [0, 0.05) is 25.0 Å². The van der Waals surface area contributed by atoms with Gasteiger partial charge in [0.2, 0.25) is 10.0 Å². The number of benzene rings is 2. The highest BCUT2D eigenvalue weighted by Crippen LogP contribution is 2.22. The summed E-state index contributed by atoms with van der Waals surface area (Å²) >= 11 is 7.40. The predicted molar refractivity (Wildman–Crippen MR) is 127 cm³/mol. The summed E-state index contributed by atoms with van der Waals surface area (Å²) in [7, 11) is -2.16. The zero-order valence-electron chi connectivity index (χ0n) is 17.2. The Morgan fingerprint density at radius 2 is 1.88 bits per heavy atom. The Morgan fingerprint density at radius 1 is 1.19 bits per heavy atom. The molecule has 0 fully saturated rings. The molecule has 0 unspecified atom stereocenters. The number of thioether (sulfide) groups is 1. The quantitative estimate of drug-likeness (QED) is 0.271. The molecule has 1 heterocycles. The molecule has 0 aliphatic rings. The van der Waals surface area contributed by atoms with Crippen LogP contribution in [0.15, 0.2) is 83.5 Å². The van der Waals surface area contributed by atoms with Crippen LogP contribution < -0.4 is 5.32 Å². The fourth-order valence-corrected chi connectivity index (χ4v) is 4.60. The summed E-state index contributed by atoms with van der Waals surface area (Å²) in [6.45, 7) is 3.89. The van der Waals surface area contributed by atoms with Gasteiger partial charge in [-0.1, -0.05) is 59.8 Å². The predicted octanol–water partition coefficient (Wildman–Crippen LogP) is 4.48.